The second kappa shape index (κ2) is 7.04. The molecule has 0 saturated carbocycles. The highest BCUT2D eigenvalue weighted by Crippen LogP contribution is 2.26. The number of nitrogens with zero attached hydrogens (tertiary/aromatic N) is 3. The van der Waals surface area contributed by atoms with Gasteiger partial charge in [0.1, 0.15) is 0 Å². The predicted octanol–water partition coefficient (Wildman–Crippen LogP) is 2.08. The van der Waals surface area contributed by atoms with Crippen molar-refractivity contribution in [2.75, 3.05) is 31.1 Å². The molecule has 134 valence electrons. The lowest BCUT2D eigenvalue weighted by atomic mass is 9.97. The summed E-state index contributed by atoms with van der Waals surface area (Å²) in [5.74, 6) is 1.13. The van der Waals surface area contributed by atoms with Crippen molar-refractivity contribution < 1.29 is 9.53 Å². The minimum Gasteiger partial charge on any atom is -0.376 e. The smallest absolute Gasteiger partial charge is 0.224 e. The van der Waals surface area contributed by atoms with Gasteiger partial charge in [0.2, 0.25) is 11.9 Å². The Bertz CT molecular complexity index is 751. The first kappa shape index (κ1) is 16.4. The van der Waals surface area contributed by atoms with E-state index < -0.39 is 0 Å². The molecule has 6 nitrogen and oxygen atoms in total. The monoisotopic (exact) mass is 342 g/mol. The van der Waals surface area contributed by atoms with Gasteiger partial charge in [0.15, 0.2) is 0 Å². The normalized spacial score (nSPS) is 24.0. The van der Waals surface area contributed by atoms with E-state index in [0.717, 1.165) is 62.4 Å². The summed E-state index contributed by atoms with van der Waals surface area (Å²) in [4.78, 5) is 19.6. The summed E-state index contributed by atoms with van der Waals surface area (Å²) in [7, 11) is 2.05. The van der Waals surface area contributed by atoms with Crippen molar-refractivity contribution in [2.24, 2.45) is 13.0 Å². The maximum absolute atomic E-state index is 12.6. The Hall–Kier alpha value is -2.08. The number of fused-ring (bicyclic) bond motifs is 1. The van der Waals surface area contributed by atoms with E-state index in [4.69, 9.17) is 9.72 Å². The van der Waals surface area contributed by atoms with Gasteiger partial charge < -0.3 is 19.5 Å². The van der Waals surface area contributed by atoms with Gasteiger partial charge in [0.05, 0.1) is 23.1 Å². The maximum atomic E-state index is 12.6. The van der Waals surface area contributed by atoms with Gasteiger partial charge >= 0.3 is 0 Å². The van der Waals surface area contributed by atoms with E-state index in [9.17, 15) is 4.79 Å². The van der Waals surface area contributed by atoms with Crippen LogP contribution >= 0.6 is 0 Å². The van der Waals surface area contributed by atoms with Crippen LogP contribution in [0, 0.1) is 5.92 Å². The molecule has 25 heavy (non-hydrogen) atoms. The molecule has 3 heterocycles. The number of aryl methyl sites for hydroxylation is 1. The molecule has 0 unspecified atom stereocenters. The van der Waals surface area contributed by atoms with Gasteiger partial charge in [0.25, 0.3) is 0 Å². The molecule has 2 atom stereocenters. The molecular weight excluding hydrogens is 316 g/mol. The Labute approximate surface area is 148 Å². The van der Waals surface area contributed by atoms with E-state index in [1.165, 1.54) is 0 Å². The number of aromatic nitrogens is 2. The number of rotatable bonds is 4. The van der Waals surface area contributed by atoms with E-state index in [-0.39, 0.29) is 17.9 Å². The van der Waals surface area contributed by atoms with Crippen LogP contribution in [0.5, 0.6) is 0 Å². The number of ether oxygens (including phenoxy) is 1. The number of para-hydroxylation sites is 2. The molecule has 0 radical (unpaired) electrons. The quantitative estimate of drug-likeness (QED) is 0.924. The largest absolute Gasteiger partial charge is 0.376 e. The van der Waals surface area contributed by atoms with Crippen molar-refractivity contribution in [2.45, 2.75) is 31.8 Å². The summed E-state index contributed by atoms with van der Waals surface area (Å²) >= 11 is 0. The molecule has 1 N–H and O–H groups in total. The summed E-state index contributed by atoms with van der Waals surface area (Å²) in [6, 6.07) is 8.16. The lowest BCUT2D eigenvalue weighted by Gasteiger charge is -2.32. The lowest BCUT2D eigenvalue weighted by molar-refractivity contribution is -0.125. The zero-order valence-corrected chi connectivity index (χ0v) is 14.8. The number of amides is 1. The molecule has 2 aliphatic heterocycles. The van der Waals surface area contributed by atoms with Crippen LogP contribution < -0.4 is 10.2 Å². The van der Waals surface area contributed by atoms with Crippen LogP contribution in [0.3, 0.4) is 0 Å². The zero-order chi connectivity index (χ0) is 17.2. The van der Waals surface area contributed by atoms with Gasteiger partial charge in [-0.2, -0.15) is 0 Å². The van der Waals surface area contributed by atoms with Gasteiger partial charge in [0, 0.05) is 33.3 Å². The van der Waals surface area contributed by atoms with Crippen LogP contribution in [0.4, 0.5) is 5.95 Å². The van der Waals surface area contributed by atoms with Crippen molar-refractivity contribution in [1.29, 1.82) is 0 Å². The number of benzene rings is 1. The van der Waals surface area contributed by atoms with Gasteiger partial charge in [-0.15, -0.1) is 0 Å². The second-order valence-electron chi connectivity index (χ2n) is 7.12. The van der Waals surface area contributed by atoms with Crippen LogP contribution in [-0.4, -0.2) is 47.8 Å². The average Bonchev–Trinajstić information content (AvgIpc) is 3.28. The van der Waals surface area contributed by atoms with Crippen molar-refractivity contribution in [1.82, 2.24) is 14.9 Å². The molecule has 0 bridgehead atoms. The minimum absolute atomic E-state index is 0.0231. The van der Waals surface area contributed by atoms with Gasteiger partial charge in [-0.1, -0.05) is 12.1 Å². The number of imidazole rings is 1. The summed E-state index contributed by atoms with van der Waals surface area (Å²) in [6.07, 6.45) is 4.31. The number of carbonyl (C=O) groups excluding carboxylic acids is 1. The van der Waals surface area contributed by atoms with E-state index in [2.05, 4.69) is 20.9 Å². The standard InChI is InChI=1S/C19H26N4O2/c1-22-17-9-3-2-8-16(17)21-19(22)23-10-4-6-14(13-23)18(24)20-12-15-7-5-11-25-15/h2-3,8-9,14-15H,4-7,10-13H2,1H3,(H,20,24)/t14-,15+/m0/s1. The topological polar surface area (TPSA) is 59.4 Å². The molecule has 1 aromatic heterocycles. The number of carbonyl (C=O) groups is 1. The highest BCUT2D eigenvalue weighted by atomic mass is 16.5. The number of anilines is 1. The number of hydrogen-bond donors (Lipinski definition) is 1. The van der Waals surface area contributed by atoms with Crippen molar-refractivity contribution >= 4 is 22.9 Å². The Morgan fingerprint density at radius 3 is 3.00 bits per heavy atom. The van der Waals surface area contributed by atoms with Crippen LogP contribution in [0.25, 0.3) is 11.0 Å². The average molecular weight is 342 g/mol. The molecule has 6 heteroatoms. The van der Waals surface area contributed by atoms with Gasteiger partial charge in [-0.3, -0.25) is 4.79 Å². The van der Waals surface area contributed by atoms with Crippen LogP contribution in [0.1, 0.15) is 25.7 Å². The molecule has 1 amide bonds. The third kappa shape index (κ3) is 3.35. The molecule has 2 aliphatic rings. The van der Waals surface area contributed by atoms with E-state index in [0.29, 0.717) is 6.54 Å². The highest BCUT2D eigenvalue weighted by Gasteiger charge is 2.28. The molecule has 1 aromatic carbocycles. The fourth-order valence-electron chi connectivity index (χ4n) is 3.95. The van der Waals surface area contributed by atoms with Crippen LogP contribution in [0.15, 0.2) is 24.3 Å². The molecule has 0 aliphatic carbocycles. The fourth-order valence-corrected chi connectivity index (χ4v) is 3.95. The summed E-state index contributed by atoms with van der Waals surface area (Å²) in [5.41, 5.74) is 2.13. The predicted molar refractivity (Wildman–Crippen MR) is 97.6 cm³/mol. The maximum Gasteiger partial charge on any atom is 0.224 e. The second-order valence-corrected chi connectivity index (χ2v) is 7.12. The number of piperidine rings is 1. The summed E-state index contributed by atoms with van der Waals surface area (Å²) in [5, 5.41) is 3.09. The molecule has 4 rings (SSSR count). The van der Waals surface area contributed by atoms with Crippen LogP contribution in [0.2, 0.25) is 0 Å². The summed E-state index contributed by atoms with van der Waals surface area (Å²) in [6.45, 7) is 3.15. The fraction of sp³-hybridized carbons (Fsp3) is 0.579. The van der Waals surface area contributed by atoms with Crippen molar-refractivity contribution in [3.63, 3.8) is 0 Å². The van der Waals surface area contributed by atoms with Crippen molar-refractivity contribution in [3.8, 4) is 0 Å². The number of hydrogen-bond acceptors (Lipinski definition) is 4. The highest BCUT2D eigenvalue weighted by molar-refractivity contribution is 5.81. The van der Waals surface area contributed by atoms with Crippen LogP contribution in [-0.2, 0) is 16.6 Å². The molecular formula is C19H26N4O2. The SMILES string of the molecule is Cn1c(N2CCC[C@H](C(=O)NC[C@H]3CCCO3)C2)nc2ccccc21. The molecule has 2 fully saturated rings. The third-order valence-electron chi connectivity index (χ3n) is 5.37. The Kier molecular flexibility index (Phi) is 4.61. The minimum atomic E-state index is 0.0231. The van der Waals surface area contributed by atoms with E-state index in [1.807, 2.05) is 25.2 Å². The Morgan fingerprint density at radius 2 is 2.20 bits per heavy atom. The first-order chi connectivity index (χ1) is 12.2. The first-order valence-electron chi connectivity index (χ1n) is 9.28. The van der Waals surface area contributed by atoms with Crippen molar-refractivity contribution in [3.05, 3.63) is 24.3 Å². The van der Waals surface area contributed by atoms with Gasteiger partial charge in [-0.05, 0) is 37.8 Å². The molecule has 0 spiro atoms. The summed E-state index contributed by atoms with van der Waals surface area (Å²) < 4.78 is 7.72. The lowest BCUT2D eigenvalue weighted by Crippen LogP contribution is -2.45. The zero-order valence-electron chi connectivity index (χ0n) is 14.8. The Morgan fingerprint density at radius 1 is 1.32 bits per heavy atom. The first-order valence-corrected chi connectivity index (χ1v) is 9.28. The molecule has 2 aromatic rings. The third-order valence-corrected chi connectivity index (χ3v) is 5.37. The van der Waals surface area contributed by atoms with Gasteiger partial charge in [-0.25, -0.2) is 4.98 Å². The van der Waals surface area contributed by atoms with E-state index in [1.54, 1.807) is 0 Å². The number of nitrogens with one attached hydrogen (secondary N) is 1. The molecule has 2 saturated heterocycles. The van der Waals surface area contributed by atoms with E-state index >= 15 is 0 Å². The Balaban J connectivity index is 1.43.